The maximum absolute atomic E-state index is 13.6. The Hall–Kier alpha value is -5.08. The number of benzene rings is 4. The Kier molecular flexibility index (Phi) is 8.09. The number of carbonyl (C=O) groups excluding carboxylic acids is 2. The van der Waals surface area contributed by atoms with Gasteiger partial charge in [0.2, 0.25) is 0 Å². The second-order valence-corrected chi connectivity index (χ2v) is 11.3. The lowest BCUT2D eigenvalue weighted by Crippen LogP contribution is -2.44. The molecular weight excluding hydrogens is 554 g/mol. The minimum Gasteiger partial charge on any atom is -0.508 e. The molecular formula is C36H35N3O5. The number of aryl methyl sites for hydroxylation is 1. The van der Waals surface area contributed by atoms with E-state index in [0.29, 0.717) is 29.2 Å². The Labute approximate surface area is 257 Å². The van der Waals surface area contributed by atoms with Crippen molar-refractivity contribution in [3.05, 3.63) is 125 Å². The second kappa shape index (κ2) is 12.3. The Morgan fingerprint density at radius 2 is 1.50 bits per heavy atom. The van der Waals surface area contributed by atoms with Crippen LogP contribution in [-0.4, -0.2) is 60.0 Å². The molecule has 0 bridgehead atoms. The number of Topliss-reactive ketones (excluding diaryl/α,β-unsaturated/α-hetero) is 1. The highest BCUT2D eigenvalue weighted by atomic mass is 16.5. The fourth-order valence-corrected chi connectivity index (χ4v) is 5.81. The van der Waals surface area contributed by atoms with E-state index in [1.54, 1.807) is 30.3 Å². The topological polar surface area (TPSA) is 93.6 Å². The number of rotatable bonds is 7. The first-order chi connectivity index (χ1) is 21.3. The molecule has 224 valence electrons. The fourth-order valence-electron chi connectivity index (χ4n) is 5.81. The lowest BCUT2D eigenvalue weighted by atomic mass is 9.94. The Morgan fingerprint density at radius 3 is 2.16 bits per heavy atom. The SMILES string of the molecule is Cc1cc(/C(O)=C2/C(=O)C(=O)N(c3ccc(N4CCN(C)CC4)cc3)C2c2ccc(O)cc2)ccc1OCc1ccccc1. The number of hydrogen-bond acceptors (Lipinski definition) is 7. The van der Waals surface area contributed by atoms with Crippen molar-refractivity contribution in [3.8, 4) is 11.5 Å². The number of nitrogens with zero attached hydrogens (tertiary/aromatic N) is 3. The summed E-state index contributed by atoms with van der Waals surface area (Å²) in [5.41, 5.74) is 4.38. The van der Waals surface area contributed by atoms with Gasteiger partial charge in [-0.3, -0.25) is 14.5 Å². The summed E-state index contributed by atoms with van der Waals surface area (Å²) in [7, 11) is 2.11. The number of hydrogen-bond donors (Lipinski definition) is 2. The highest BCUT2D eigenvalue weighted by Gasteiger charge is 2.47. The summed E-state index contributed by atoms with van der Waals surface area (Å²) in [6, 6.07) is 28.1. The van der Waals surface area contributed by atoms with Gasteiger partial charge in [0, 0.05) is 43.1 Å². The lowest BCUT2D eigenvalue weighted by molar-refractivity contribution is -0.132. The van der Waals surface area contributed by atoms with Crippen LogP contribution in [0.5, 0.6) is 11.5 Å². The minimum absolute atomic E-state index is 0.0128. The van der Waals surface area contributed by atoms with Gasteiger partial charge in [0.15, 0.2) is 0 Å². The van der Waals surface area contributed by atoms with Gasteiger partial charge in [0.05, 0.1) is 11.6 Å². The third-order valence-electron chi connectivity index (χ3n) is 8.34. The average molecular weight is 590 g/mol. The molecule has 4 aromatic rings. The molecule has 2 aliphatic heterocycles. The maximum Gasteiger partial charge on any atom is 0.300 e. The second-order valence-electron chi connectivity index (χ2n) is 11.3. The van der Waals surface area contributed by atoms with Gasteiger partial charge < -0.3 is 24.7 Å². The Balaban J connectivity index is 1.34. The van der Waals surface area contributed by atoms with Crippen LogP contribution in [-0.2, 0) is 16.2 Å². The summed E-state index contributed by atoms with van der Waals surface area (Å²) in [6.45, 7) is 6.02. The van der Waals surface area contributed by atoms with Crippen LogP contribution in [0.1, 0.15) is 28.3 Å². The number of aliphatic hydroxyl groups is 1. The van der Waals surface area contributed by atoms with E-state index in [9.17, 15) is 19.8 Å². The number of aromatic hydroxyl groups is 1. The lowest BCUT2D eigenvalue weighted by Gasteiger charge is -2.34. The number of carbonyl (C=O) groups is 2. The van der Waals surface area contributed by atoms with E-state index in [0.717, 1.165) is 43.0 Å². The molecule has 4 aromatic carbocycles. The quantitative estimate of drug-likeness (QED) is 0.163. The largest absolute Gasteiger partial charge is 0.508 e. The van der Waals surface area contributed by atoms with Crippen LogP contribution in [0.3, 0.4) is 0 Å². The van der Waals surface area contributed by atoms with E-state index >= 15 is 0 Å². The van der Waals surface area contributed by atoms with Crippen molar-refractivity contribution in [3.63, 3.8) is 0 Å². The summed E-state index contributed by atoms with van der Waals surface area (Å²) >= 11 is 0. The molecule has 0 aliphatic carbocycles. The fraction of sp³-hybridized carbons (Fsp3) is 0.222. The van der Waals surface area contributed by atoms with Crippen LogP contribution in [0.15, 0.2) is 103 Å². The summed E-state index contributed by atoms with van der Waals surface area (Å²) in [5.74, 6) is -1.05. The molecule has 0 radical (unpaired) electrons. The molecule has 0 aromatic heterocycles. The first-order valence-corrected chi connectivity index (χ1v) is 14.7. The van der Waals surface area contributed by atoms with E-state index in [1.807, 2.05) is 61.5 Å². The van der Waals surface area contributed by atoms with Gasteiger partial charge in [-0.1, -0.05) is 42.5 Å². The predicted molar refractivity (Wildman–Crippen MR) is 171 cm³/mol. The maximum atomic E-state index is 13.6. The zero-order valence-electron chi connectivity index (χ0n) is 24.8. The van der Waals surface area contributed by atoms with E-state index < -0.39 is 17.7 Å². The zero-order chi connectivity index (χ0) is 30.8. The summed E-state index contributed by atoms with van der Waals surface area (Å²) in [4.78, 5) is 33.2. The van der Waals surface area contributed by atoms with Crippen LogP contribution in [0.2, 0.25) is 0 Å². The number of anilines is 2. The van der Waals surface area contributed by atoms with Crippen molar-refractivity contribution in [2.24, 2.45) is 0 Å². The number of ether oxygens (including phenoxy) is 1. The molecule has 2 saturated heterocycles. The van der Waals surface area contributed by atoms with Crippen molar-refractivity contribution in [2.45, 2.75) is 19.6 Å². The number of phenols is 1. The Morgan fingerprint density at radius 1 is 0.841 bits per heavy atom. The molecule has 2 heterocycles. The van der Waals surface area contributed by atoms with Crippen LogP contribution < -0.4 is 14.5 Å². The number of aliphatic hydroxyl groups excluding tert-OH is 1. The molecule has 1 unspecified atom stereocenters. The highest BCUT2D eigenvalue weighted by Crippen LogP contribution is 2.43. The molecule has 0 spiro atoms. The van der Waals surface area contributed by atoms with Crippen molar-refractivity contribution < 1.29 is 24.5 Å². The summed E-state index contributed by atoms with van der Waals surface area (Å²) in [6.07, 6.45) is 0. The molecule has 1 atom stereocenters. The van der Waals surface area contributed by atoms with Crippen molar-refractivity contribution in [1.29, 1.82) is 0 Å². The Bertz CT molecular complexity index is 1690. The van der Waals surface area contributed by atoms with Crippen LogP contribution in [0.4, 0.5) is 11.4 Å². The standard InChI is InChI=1S/C36H35N3O5/c1-24-22-27(10-17-31(24)44-23-25-6-4-3-5-7-25)34(41)32-33(26-8-15-30(40)16-9-26)39(36(43)35(32)42)29-13-11-28(12-14-29)38-20-18-37(2)19-21-38/h3-17,22,33,40-41H,18-21,23H2,1-2H3/b34-32-. The van der Waals surface area contributed by atoms with Gasteiger partial charge in [0.25, 0.3) is 11.7 Å². The van der Waals surface area contributed by atoms with Crippen LogP contribution >= 0.6 is 0 Å². The molecule has 8 nitrogen and oxygen atoms in total. The number of piperazine rings is 1. The van der Waals surface area contributed by atoms with E-state index in [4.69, 9.17) is 4.74 Å². The van der Waals surface area contributed by atoms with Gasteiger partial charge in [0.1, 0.15) is 23.9 Å². The van der Waals surface area contributed by atoms with Gasteiger partial charge in [-0.2, -0.15) is 0 Å². The normalized spacial score (nSPS) is 18.5. The third kappa shape index (κ3) is 5.76. The van der Waals surface area contributed by atoms with E-state index in [1.165, 1.54) is 17.0 Å². The average Bonchev–Trinajstić information content (AvgIpc) is 3.31. The van der Waals surface area contributed by atoms with Gasteiger partial charge in [-0.15, -0.1) is 0 Å². The molecule has 44 heavy (non-hydrogen) atoms. The van der Waals surface area contributed by atoms with Crippen LogP contribution in [0.25, 0.3) is 5.76 Å². The zero-order valence-corrected chi connectivity index (χ0v) is 24.8. The number of phenolic OH excluding ortho intramolecular Hbond substituents is 1. The van der Waals surface area contributed by atoms with Crippen molar-refractivity contribution >= 4 is 28.8 Å². The number of likely N-dealkylation sites (N-methyl/N-ethyl adjacent to an activating group) is 1. The number of amides is 1. The third-order valence-corrected chi connectivity index (χ3v) is 8.34. The smallest absolute Gasteiger partial charge is 0.300 e. The monoisotopic (exact) mass is 589 g/mol. The first-order valence-electron chi connectivity index (χ1n) is 14.7. The van der Waals surface area contributed by atoms with Crippen molar-refractivity contribution in [2.75, 3.05) is 43.0 Å². The number of ketones is 1. The summed E-state index contributed by atoms with van der Waals surface area (Å²) < 4.78 is 6.00. The molecule has 1 amide bonds. The van der Waals surface area contributed by atoms with Gasteiger partial charge in [-0.25, -0.2) is 0 Å². The highest BCUT2D eigenvalue weighted by molar-refractivity contribution is 6.51. The predicted octanol–water partition coefficient (Wildman–Crippen LogP) is 5.66. The van der Waals surface area contributed by atoms with Gasteiger partial charge in [-0.05, 0) is 85.3 Å². The first kappa shape index (κ1) is 29.0. The minimum atomic E-state index is -0.889. The molecule has 2 N–H and O–H groups in total. The van der Waals surface area contributed by atoms with Gasteiger partial charge >= 0.3 is 0 Å². The van der Waals surface area contributed by atoms with Crippen molar-refractivity contribution in [1.82, 2.24) is 4.90 Å². The van der Waals surface area contributed by atoms with E-state index in [2.05, 4.69) is 16.8 Å². The summed E-state index contributed by atoms with van der Waals surface area (Å²) in [5, 5.41) is 21.6. The van der Waals surface area contributed by atoms with E-state index in [-0.39, 0.29) is 17.1 Å². The molecule has 0 saturated carbocycles. The molecule has 6 rings (SSSR count). The molecule has 2 aliphatic rings. The van der Waals surface area contributed by atoms with Crippen LogP contribution in [0, 0.1) is 6.92 Å². The molecule has 8 heteroatoms. The molecule has 2 fully saturated rings.